The van der Waals surface area contributed by atoms with Crippen molar-refractivity contribution < 1.29 is 8.42 Å². The van der Waals surface area contributed by atoms with Gasteiger partial charge in [0.05, 0.1) is 15.9 Å². The number of rotatable bonds is 4. The van der Waals surface area contributed by atoms with Gasteiger partial charge in [-0.15, -0.1) is 0 Å². The fourth-order valence-corrected chi connectivity index (χ4v) is 4.11. The second-order valence-corrected chi connectivity index (χ2v) is 7.74. The van der Waals surface area contributed by atoms with Gasteiger partial charge in [-0.05, 0) is 37.0 Å². The van der Waals surface area contributed by atoms with Crippen LogP contribution in [0.3, 0.4) is 0 Å². The van der Waals surface area contributed by atoms with Crippen LogP contribution in [0.15, 0.2) is 32.7 Å². The first kappa shape index (κ1) is 15.9. The number of benzene rings is 1. The molecule has 1 aromatic carbocycles. The predicted molar refractivity (Wildman–Crippen MR) is 87.0 cm³/mol. The van der Waals surface area contributed by atoms with Gasteiger partial charge >= 0.3 is 11.1 Å². The molecule has 124 valence electrons. The summed E-state index contributed by atoms with van der Waals surface area (Å²) in [5.41, 5.74) is -0.887. The minimum absolute atomic E-state index is 0.0727. The lowest BCUT2D eigenvalue weighted by molar-refractivity contribution is 0.357. The fraction of sp³-hybridized carbons (Fsp3) is 0.467. The summed E-state index contributed by atoms with van der Waals surface area (Å²) in [4.78, 5) is 27.5. The van der Waals surface area contributed by atoms with Crippen LogP contribution in [0.5, 0.6) is 0 Å². The number of aromatic amines is 2. The molecule has 0 bridgehead atoms. The Morgan fingerprint density at radius 2 is 1.65 bits per heavy atom. The molecule has 2 aromatic rings. The Balaban J connectivity index is 1.84. The van der Waals surface area contributed by atoms with Gasteiger partial charge in [0.15, 0.2) is 0 Å². The molecule has 7 nitrogen and oxygen atoms in total. The van der Waals surface area contributed by atoms with E-state index >= 15 is 0 Å². The van der Waals surface area contributed by atoms with E-state index in [1.54, 1.807) is 0 Å². The van der Waals surface area contributed by atoms with Gasteiger partial charge in [0.1, 0.15) is 0 Å². The van der Waals surface area contributed by atoms with E-state index in [0.29, 0.717) is 18.0 Å². The minimum atomic E-state index is -3.64. The Kier molecular flexibility index (Phi) is 4.36. The standard InChI is InChI=1S/C15H19N3O4S/c19-14-15(20)18-13-8-11(6-7-12(13)17-14)23(21,22)16-9-10-4-2-1-3-5-10/h6-8,10,16H,1-5,9H2,(H,17,19)(H,18,20). The van der Waals surface area contributed by atoms with Gasteiger partial charge < -0.3 is 9.97 Å². The van der Waals surface area contributed by atoms with Crippen LogP contribution in [-0.4, -0.2) is 24.9 Å². The van der Waals surface area contributed by atoms with Gasteiger partial charge in [-0.3, -0.25) is 9.59 Å². The second kappa shape index (κ2) is 6.29. The molecular formula is C15H19N3O4S. The maximum absolute atomic E-state index is 12.4. The molecule has 0 unspecified atom stereocenters. The van der Waals surface area contributed by atoms with Gasteiger partial charge in [0.25, 0.3) is 0 Å². The van der Waals surface area contributed by atoms with Gasteiger partial charge in [0, 0.05) is 6.54 Å². The third-order valence-corrected chi connectivity index (χ3v) is 5.71. The van der Waals surface area contributed by atoms with E-state index in [9.17, 15) is 18.0 Å². The van der Waals surface area contributed by atoms with Crippen LogP contribution in [0, 0.1) is 5.92 Å². The molecule has 0 saturated heterocycles. The monoisotopic (exact) mass is 337 g/mol. The summed E-state index contributed by atoms with van der Waals surface area (Å²) >= 11 is 0. The summed E-state index contributed by atoms with van der Waals surface area (Å²) in [5, 5.41) is 0. The molecule has 1 aliphatic carbocycles. The summed E-state index contributed by atoms with van der Waals surface area (Å²) < 4.78 is 27.4. The minimum Gasteiger partial charge on any atom is -0.316 e. The smallest absolute Gasteiger partial charge is 0.314 e. The van der Waals surface area contributed by atoms with Crippen LogP contribution in [0.4, 0.5) is 0 Å². The van der Waals surface area contributed by atoms with E-state index in [0.717, 1.165) is 25.7 Å². The summed E-state index contributed by atoms with van der Waals surface area (Å²) in [6.45, 7) is 0.433. The van der Waals surface area contributed by atoms with Crippen molar-refractivity contribution in [3.8, 4) is 0 Å². The highest BCUT2D eigenvalue weighted by atomic mass is 32.2. The molecule has 0 radical (unpaired) electrons. The normalized spacial score (nSPS) is 16.7. The third-order valence-electron chi connectivity index (χ3n) is 4.29. The summed E-state index contributed by atoms with van der Waals surface area (Å²) in [7, 11) is -3.64. The fourth-order valence-electron chi connectivity index (χ4n) is 2.96. The lowest BCUT2D eigenvalue weighted by atomic mass is 9.90. The van der Waals surface area contributed by atoms with E-state index in [4.69, 9.17) is 0 Å². The van der Waals surface area contributed by atoms with Crippen molar-refractivity contribution >= 4 is 21.1 Å². The van der Waals surface area contributed by atoms with Crippen molar-refractivity contribution in [1.82, 2.24) is 14.7 Å². The third kappa shape index (κ3) is 3.53. The number of hydrogen-bond donors (Lipinski definition) is 3. The topological polar surface area (TPSA) is 112 Å². The molecule has 1 aliphatic rings. The first-order valence-electron chi connectivity index (χ1n) is 7.72. The molecule has 8 heteroatoms. The molecule has 0 spiro atoms. The Morgan fingerprint density at radius 3 is 2.35 bits per heavy atom. The van der Waals surface area contributed by atoms with Crippen molar-refractivity contribution in [3.63, 3.8) is 0 Å². The van der Waals surface area contributed by atoms with Crippen molar-refractivity contribution in [2.45, 2.75) is 37.0 Å². The molecule has 1 heterocycles. The Bertz CT molecular complexity index is 924. The first-order chi connectivity index (χ1) is 11.0. The van der Waals surface area contributed by atoms with Gasteiger partial charge in [-0.25, -0.2) is 13.1 Å². The van der Waals surface area contributed by atoms with Gasteiger partial charge in [-0.1, -0.05) is 19.3 Å². The van der Waals surface area contributed by atoms with Gasteiger partial charge in [0.2, 0.25) is 10.0 Å². The zero-order valence-corrected chi connectivity index (χ0v) is 13.4. The number of sulfonamides is 1. The number of nitrogens with one attached hydrogen (secondary N) is 3. The maximum Gasteiger partial charge on any atom is 0.314 e. The van der Waals surface area contributed by atoms with Crippen LogP contribution in [-0.2, 0) is 10.0 Å². The van der Waals surface area contributed by atoms with Gasteiger partial charge in [-0.2, -0.15) is 0 Å². The van der Waals surface area contributed by atoms with E-state index in [1.807, 2.05) is 0 Å². The molecule has 3 N–H and O–H groups in total. The highest BCUT2D eigenvalue weighted by Crippen LogP contribution is 2.23. The quantitative estimate of drug-likeness (QED) is 0.725. The number of hydrogen-bond acceptors (Lipinski definition) is 4. The van der Waals surface area contributed by atoms with Crippen LogP contribution < -0.4 is 15.8 Å². The highest BCUT2D eigenvalue weighted by Gasteiger charge is 2.19. The van der Waals surface area contributed by atoms with Crippen LogP contribution in [0.25, 0.3) is 11.0 Å². The zero-order valence-electron chi connectivity index (χ0n) is 12.6. The summed E-state index contributed by atoms with van der Waals surface area (Å²) in [5.74, 6) is 0.384. The molecule has 23 heavy (non-hydrogen) atoms. The van der Waals surface area contributed by atoms with Crippen LogP contribution in [0.2, 0.25) is 0 Å². The molecule has 1 fully saturated rings. The number of fused-ring (bicyclic) bond motifs is 1. The van der Waals surface area contributed by atoms with E-state index in [1.165, 1.54) is 24.6 Å². The molecule has 1 saturated carbocycles. The van der Waals surface area contributed by atoms with Crippen molar-refractivity contribution in [2.75, 3.05) is 6.54 Å². The molecule has 0 atom stereocenters. The maximum atomic E-state index is 12.4. The lowest BCUT2D eigenvalue weighted by Crippen LogP contribution is -2.31. The number of aromatic nitrogens is 2. The van der Waals surface area contributed by atoms with Crippen molar-refractivity contribution in [1.29, 1.82) is 0 Å². The number of H-pyrrole nitrogens is 2. The molecule has 0 aliphatic heterocycles. The molecule has 1 aromatic heterocycles. The Labute approximate surface area is 133 Å². The Hall–Kier alpha value is -1.93. The zero-order chi connectivity index (χ0) is 16.4. The molecule has 3 rings (SSSR count). The van der Waals surface area contributed by atoms with Crippen molar-refractivity contribution in [2.24, 2.45) is 5.92 Å². The van der Waals surface area contributed by atoms with E-state index in [-0.39, 0.29) is 10.4 Å². The largest absolute Gasteiger partial charge is 0.316 e. The Morgan fingerprint density at radius 1 is 1.00 bits per heavy atom. The SMILES string of the molecule is O=c1[nH]c2ccc(S(=O)(=O)NCC3CCCCC3)cc2[nH]c1=O. The second-order valence-electron chi connectivity index (χ2n) is 5.97. The predicted octanol–water partition coefficient (Wildman–Crippen LogP) is 1.07. The first-order valence-corrected chi connectivity index (χ1v) is 9.20. The summed E-state index contributed by atoms with van der Waals surface area (Å²) in [6, 6.07) is 4.25. The summed E-state index contributed by atoms with van der Waals surface area (Å²) in [6.07, 6.45) is 5.62. The molecular weight excluding hydrogens is 318 g/mol. The highest BCUT2D eigenvalue weighted by molar-refractivity contribution is 7.89. The van der Waals surface area contributed by atoms with Crippen LogP contribution >= 0.6 is 0 Å². The molecule has 0 amide bonds. The van der Waals surface area contributed by atoms with Crippen molar-refractivity contribution in [3.05, 3.63) is 38.9 Å². The lowest BCUT2D eigenvalue weighted by Gasteiger charge is -2.21. The van der Waals surface area contributed by atoms with E-state index < -0.39 is 21.1 Å². The van der Waals surface area contributed by atoms with Crippen LogP contribution in [0.1, 0.15) is 32.1 Å². The van der Waals surface area contributed by atoms with E-state index in [2.05, 4.69) is 14.7 Å². The average molecular weight is 337 g/mol. The average Bonchev–Trinajstić information content (AvgIpc) is 2.55.